The molecule has 2 rings (SSSR count). The molecule has 0 bridgehead atoms. The molecular weight excluding hydrogens is 309 g/mol. The van der Waals surface area contributed by atoms with Gasteiger partial charge in [-0.2, -0.15) is 0 Å². The van der Waals surface area contributed by atoms with E-state index in [1.54, 1.807) is 18.2 Å². The third-order valence-electron chi connectivity index (χ3n) is 3.69. The molecular formula is C15H21Cl2N3O. The number of piperazine rings is 1. The molecule has 1 aromatic carbocycles. The van der Waals surface area contributed by atoms with Crippen LogP contribution in [0.15, 0.2) is 18.2 Å². The summed E-state index contributed by atoms with van der Waals surface area (Å²) in [6.45, 7) is 9.77. The summed E-state index contributed by atoms with van der Waals surface area (Å²) in [7, 11) is 0. The van der Waals surface area contributed by atoms with Gasteiger partial charge in [0.05, 0.1) is 10.7 Å². The van der Waals surface area contributed by atoms with Crippen molar-refractivity contribution in [3.8, 4) is 0 Å². The van der Waals surface area contributed by atoms with Gasteiger partial charge in [-0.25, -0.2) is 4.79 Å². The van der Waals surface area contributed by atoms with Gasteiger partial charge in [-0.1, -0.05) is 23.2 Å². The Labute approximate surface area is 136 Å². The van der Waals surface area contributed by atoms with E-state index in [1.165, 1.54) is 0 Å². The third-order valence-corrected chi connectivity index (χ3v) is 4.24. The van der Waals surface area contributed by atoms with E-state index in [1.807, 2.05) is 4.90 Å². The summed E-state index contributed by atoms with van der Waals surface area (Å²) in [5, 5.41) is 3.84. The van der Waals surface area contributed by atoms with Crippen LogP contribution < -0.4 is 5.32 Å². The minimum Gasteiger partial charge on any atom is -0.322 e. The van der Waals surface area contributed by atoms with E-state index < -0.39 is 0 Å². The number of amides is 2. The average Bonchev–Trinajstić information content (AvgIpc) is 2.41. The average molecular weight is 330 g/mol. The molecule has 0 radical (unpaired) electrons. The first-order chi connectivity index (χ1) is 9.77. The van der Waals surface area contributed by atoms with E-state index in [9.17, 15) is 4.79 Å². The van der Waals surface area contributed by atoms with Crippen molar-refractivity contribution in [2.45, 2.75) is 26.3 Å². The predicted molar refractivity (Wildman–Crippen MR) is 88.4 cm³/mol. The molecule has 1 aromatic rings. The van der Waals surface area contributed by atoms with Gasteiger partial charge in [0.15, 0.2) is 0 Å². The highest BCUT2D eigenvalue weighted by Gasteiger charge is 2.27. The number of nitrogens with one attached hydrogen (secondary N) is 1. The van der Waals surface area contributed by atoms with Crippen LogP contribution in [0.1, 0.15) is 20.8 Å². The molecule has 21 heavy (non-hydrogen) atoms. The van der Waals surface area contributed by atoms with Crippen LogP contribution in [0.4, 0.5) is 10.5 Å². The lowest BCUT2D eigenvalue weighted by molar-refractivity contribution is 0.0774. The Hall–Kier alpha value is -0.970. The molecule has 0 aromatic heterocycles. The van der Waals surface area contributed by atoms with E-state index in [-0.39, 0.29) is 11.6 Å². The minimum atomic E-state index is -0.118. The van der Waals surface area contributed by atoms with Crippen LogP contribution >= 0.6 is 23.2 Å². The van der Waals surface area contributed by atoms with Crippen LogP contribution in [0, 0.1) is 0 Å². The number of benzene rings is 1. The van der Waals surface area contributed by atoms with Crippen molar-refractivity contribution in [2.75, 3.05) is 31.5 Å². The molecule has 1 N–H and O–H groups in total. The normalized spacial score (nSPS) is 16.9. The van der Waals surface area contributed by atoms with Gasteiger partial charge in [-0.05, 0) is 39.0 Å². The van der Waals surface area contributed by atoms with Gasteiger partial charge >= 0.3 is 6.03 Å². The maximum Gasteiger partial charge on any atom is 0.321 e. The zero-order valence-corrected chi connectivity index (χ0v) is 14.1. The van der Waals surface area contributed by atoms with Crippen molar-refractivity contribution < 1.29 is 4.79 Å². The SMILES string of the molecule is CC(C)(C)N1CCN(C(=O)Nc2ccc(Cl)cc2Cl)CC1. The van der Waals surface area contributed by atoms with Gasteiger partial charge in [0.2, 0.25) is 0 Å². The van der Waals surface area contributed by atoms with Crippen molar-refractivity contribution in [3.05, 3.63) is 28.2 Å². The third kappa shape index (κ3) is 4.25. The van der Waals surface area contributed by atoms with Crippen LogP contribution in [-0.4, -0.2) is 47.5 Å². The summed E-state index contributed by atoms with van der Waals surface area (Å²) in [6, 6.07) is 4.93. The van der Waals surface area contributed by atoms with Gasteiger partial charge < -0.3 is 10.2 Å². The standard InChI is InChI=1S/C15H21Cl2N3O/c1-15(2,3)20-8-6-19(7-9-20)14(21)18-13-5-4-11(16)10-12(13)17/h4-5,10H,6-9H2,1-3H3,(H,18,21). The molecule has 0 saturated carbocycles. The first kappa shape index (κ1) is 16.4. The molecule has 0 atom stereocenters. The lowest BCUT2D eigenvalue weighted by Gasteiger charge is -2.42. The monoisotopic (exact) mass is 329 g/mol. The second-order valence-corrected chi connectivity index (χ2v) is 7.04. The summed E-state index contributed by atoms with van der Waals surface area (Å²) in [6.07, 6.45) is 0. The number of anilines is 1. The highest BCUT2D eigenvalue weighted by Crippen LogP contribution is 2.26. The van der Waals surface area contributed by atoms with E-state index >= 15 is 0 Å². The van der Waals surface area contributed by atoms with Gasteiger partial charge in [0, 0.05) is 36.7 Å². The molecule has 1 aliphatic rings. The molecule has 0 unspecified atom stereocenters. The fraction of sp³-hybridized carbons (Fsp3) is 0.533. The topological polar surface area (TPSA) is 35.6 Å². The van der Waals surface area contributed by atoms with Crippen LogP contribution in [0.2, 0.25) is 10.0 Å². The number of halogens is 2. The molecule has 1 aliphatic heterocycles. The van der Waals surface area contributed by atoms with Crippen LogP contribution in [0.25, 0.3) is 0 Å². The van der Waals surface area contributed by atoms with E-state index in [2.05, 4.69) is 31.0 Å². The zero-order chi connectivity index (χ0) is 15.6. The second kappa shape index (κ2) is 6.42. The predicted octanol–water partition coefficient (Wildman–Crippen LogP) is 3.94. The highest BCUT2D eigenvalue weighted by atomic mass is 35.5. The maximum atomic E-state index is 12.3. The van der Waals surface area contributed by atoms with Gasteiger partial charge in [-0.15, -0.1) is 0 Å². The Balaban J connectivity index is 1.93. The van der Waals surface area contributed by atoms with Gasteiger partial charge in [0.25, 0.3) is 0 Å². The minimum absolute atomic E-state index is 0.118. The molecule has 4 nitrogen and oxygen atoms in total. The Kier molecular flexibility index (Phi) is 5.02. The molecule has 116 valence electrons. The quantitative estimate of drug-likeness (QED) is 0.846. The van der Waals surface area contributed by atoms with Crippen molar-refractivity contribution in [1.29, 1.82) is 0 Å². The number of nitrogens with zero attached hydrogens (tertiary/aromatic N) is 2. The fourth-order valence-electron chi connectivity index (χ4n) is 2.37. The van der Waals surface area contributed by atoms with E-state index in [0.717, 1.165) is 13.1 Å². The lowest BCUT2D eigenvalue weighted by Crippen LogP contribution is -2.55. The fourth-order valence-corrected chi connectivity index (χ4v) is 2.82. The number of hydrogen-bond donors (Lipinski definition) is 1. The Bertz CT molecular complexity index is 520. The molecule has 1 fully saturated rings. The lowest BCUT2D eigenvalue weighted by atomic mass is 10.1. The van der Waals surface area contributed by atoms with Gasteiger partial charge in [0.1, 0.15) is 0 Å². The van der Waals surface area contributed by atoms with Crippen molar-refractivity contribution in [3.63, 3.8) is 0 Å². The zero-order valence-electron chi connectivity index (χ0n) is 12.6. The van der Waals surface area contributed by atoms with Crippen LogP contribution in [0.5, 0.6) is 0 Å². The summed E-state index contributed by atoms with van der Waals surface area (Å²) >= 11 is 11.9. The van der Waals surface area contributed by atoms with Crippen LogP contribution in [0.3, 0.4) is 0 Å². The molecule has 1 saturated heterocycles. The number of urea groups is 1. The second-order valence-electron chi connectivity index (χ2n) is 6.20. The summed E-state index contributed by atoms with van der Waals surface area (Å²) in [5.41, 5.74) is 0.728. The molecule has 0 aliphatic carbocycles. The Morgan fingerprint density at radius 3 is 2.29 bits per heavy atom. The Morgan fingerprint density at radius 1 is 1.14 bits per heavy atom. The smallest absolute Gasteiger partial charge is 0.321 e. The first-order valence-electron chi connectivity index (χ1n) is 7.03. The molecule has 0 spiro atoms. The molecule has 6 heteroatoms. The molecule has 1 heterocycles. The number of carbonyl (C=O) groups is 1. The van der Waals surface area contributed by atoms with Crippen molar-refractivity contribution in [2.24, 2.45) is 0 Å². The Morgan fingerprint density at radius 2 is 1.76 bits per heavy atom. The molecule has 2 amide bonds. The number of rotatable bonds is 1. The van der Waals surface area contributed by atoms with Gasteiger partial charge in [-0.3, -0.25) is 4.90 Å². The number of hydrogen-bond acceptors (Lipinski definition) is 2. The summed E-state index contributed by atoms with van der Waals surface area (Å²) < 4.78 is 0. The van der Waals surface area contributed by atoms with Crippen molar-refractivity contribution in [1.82, 2.24) is 9.80 Å². The summed E-state index contributed by atoms with van der Waals surface area (Å²) in [5.74, 6) is 0. The largest absolute Gasteiger partial charge is 0.322 e. The van der Waals surface area contributed by atoms with E-state index in [0.29, 0.717) is 28.8 Å². The maximum absolute atomic E-state index is 12.3. The highest BCUT2D eigenvalue weighted by molar-refractivity contribution is 6.36. The summed E-state index contributed by atoms with van der Waals surface area (Å²) in [4.78, 5) is 16.5. The first-order valence-corrected chi connectivity index (χ1v) is 7.79. The van der Waals surface area contributed by atoms with E-state index in [4.69, 9.17) is 23.2 Å². The van der Waals surface area contributed by atoms with Crippen LogP contribution in [-0.2, 0) is 0 Å². The van der Waals surface area contributed by atoms with Crippen molar-refractivity contribution >= 4 is 34.9 Å². The number of carbonyl (C=O) groups excluding carboxylic acids is 1.